The van der Waals surface area contributed by atoms with Crippen LogP contribution in [0.2, 0.25) is 0 Å². The zero-order valence-corrected chi connectivity index (χ0v) is 10.9. The highest BCUT2D eigenvalue weighted by Gasteiger charge is 2.11. The lowest BCUT2D eigenvalue weighted by Crippen LogP contribution is -2.34. The summed E-state index contributed by atoms with van der Waals surface area (Å²) < 4.78 is 0. The maximum atomic E-state index is 3.75. The third-order valence-corrected chi connectivity index (χ3v) is 3.45. The van der Waals surface area contributed by atoms with Crippen LogP contribution in [0.5, 0.6) is 0 Å². The number of hydrogen-bond acceptors (Lipinski definition) is 2. The summed E-state index contributed by atoms with van der Waals surface area (Å²) >= 11 is 0. The second kappa shape index (κ2) is 8.77. The molecule has 1 N–H and O–H groups in total. The van der Waals surface area contributed by atoms with Crippen molar-refractivity contribution in [2.45, 2.75) is 51.0 Å². The van der Waals surface area contributed by atoms with Gasteiger partial charge in [-0.05, 0) is 65.2 Å². The summed E-state index contributed by atoms with van der Waals surface area (Å²) in [7, 11) is 2.23. The molecule has 2 nitrogen and oxygen atoms in total. The van der Waals surface area contributed by atoms with Crippen LogP contribution in [0.15, 0.2) is 12.7 Å². The van der Waals surface area contributed by atoms with E-state index in [0.717, 1.165) is 12.5 Å². The number of rotatable bonds is 8. The first-order valence-electron chi connectivity index (χ1n) is 6.85. The van der Waals surface area contributed by atoms with Crippen molar-refractivity contribution in [2.75, 3.05) is 26.7 Å². The molecule has 1 saturated heterocycles. The molecule has 0 saturated carbocycles. The second-order valence-corrected chi connectivity index (χ2v) is 5.02. The van der Waals surface area contributed by atoms with Crippen LogP contribution in [0.1, 0.15) is 44.9 Å². The van der Waals surface area contributed by atoms with Crippen molar-refractivity contribution in [3.63, 3.8) is 0 Å². The topological polar surface area (TPSA) is 15.3 Å². The molecule has 0 aromatic rings. The Labute approximate surface area is 101 Å². The molecule has 2 heteroatoms. The number of allylic oxidation sites excluding steroid dienone is 1. The first-order chi connectivity index (χ1) is 7.83. The molecule has 1 heterocycles. The molecule has 1 aliphatic rings. The van der Waals surface area contributed by atoms with Gasteiger partial charge >= 0.3 is 0 Å². The summed E-state index contributed by atoms with van der Waals surface area (Å²) in [6, 6.07) is 0.801. The summed E-state index contributed by atoms with van der Waals surface area (Å²) in [5.41, 5.74) is 0. The highest BCUT2D eigenvalue weighted by Crippen LogP contribution is 2.11. The van der Waals surface area contributed by atoms with Crippen molar-refractivity contribution >= 4 is 0 Å². The number of nitrogens with zero attached hydrogens (tertiary/aromatic N) is 1. The summed E-state index contributed by atoms with van der Waals surface area (Å²) in [6.45, 7) is 7.45. The molecule has 0 aromatic carbocycles. The molecular weight excluding hydrogens is 196 g/mol. The monoisotopic (exact) mass is 224 g/mol. The lowest BCUT2D eigenvalue weighted by molar-refractivity contribution is 0.301. The van der Waals surface area contributed by atoms with E-state index in [2.05, 4.69) is 23.8 Å². The third-order valence-electron chi connectivity index (χ3n) is 3.45. The highest BCUT2D eigenvalue weighted by molar-refractivity contribution is 4.72. The summed E-state index contributed by atoms with van der Waals surface area (Å²) in [5, 5.41) is 3.61. The Bertz CT molecular complexity index is 174. The Morgan fingerprint density at radius 1 is 1.31 bits per heavy atom. The van der Waals surface area contributed by atoms with Crippen LogP contribution in [0, 0.1) is 0 Å². The number of hydrogen-bond donors (Lipinski definition) is 1. The lowest BCUT2D eigenvalue weighted by Gasteiger charge is -2.24. The number of nitrogens with one attached hydrogen (secondary N) is 1. The fourth-order valence-electron chi connectivity index (χ4n) is 2.40. The summed E-state index contributed by atoms with van der Waals surface area (Å²) in [4.78, 5) is 2.45. The molecule has 0 spiro atoms. The molecule has 16 heavy (non-hydrogen) atoms. The molecule has 0 aromatic heterocycles. The van der Waals surface area contributed by atoms with Gasteiger partial charge < -0.3 is 10.2 Å². The van der Waals surface area contributed by atoms with E-state index >= 15 is 0 Å². The van der Waals surface area contributed by atoms with Crippen LogP contribution in [-0.2, 0) is 0 Å². The Kier molecular flexibility index (Phi) is 7.52. The maximum absolute atomic E-state index is 3.75. The fourth-order valence-corrected chi connectivity index (χ4v) is 2.40. The van der Waals surface area contributed by atoms with Crippen molar-refractivity contribution < 1.29 is 0 Å². The Morgan fingerprint density at radius 3 is 2.81 bits per heavy atom. The van der Waals surface area contributed by atoms with Crippen molar-refractivity contribution in [1.82, 2.24) is 10.2 Å². The average molecular weight is 224 g/mol. The minimum atomic E-state index is 0.801. The highest BCUT2D eigenvalue weighted by atomic mass is 15.1. The predicted molar refractivity (Wildman–Crippen MR) is 71.8 cm³/mol. The van der Waals surface area contributed by atoms with E-state index in [0.29, 0.717) is 0 Å². The third kappa shape index (κ3) is 6.29. The van der Waals surface area contributed by atoms with Crippen molar-refractivity contribution in [2.24, 2.45) is 0 Å². The molecule has 0 bridgehead atoms. The minimum Gasteiger partial charge on any atom is -0.314 e. The van der Waals surface area contributed by atoms with Crippen molar-refractivity contribution in [3.05, 3.63) is 12.7 Å². The first kappa shape index (κ1) is 13.7. The molecule has 1 fully saturated rings. The number of unbranched alkanes of at least 4 members (excludes halogenated alkanes) is 1. The van der Waals surface area contributed by atoms with Crippen LogP contribution in [-0.4, -0.2) is 37.6 Å². The number of piperidine rings is 1. The van der Waals surface area contributed by atoms with Gasteiger partial charge in [-0.1, -0.05) is 12.5 Å². The predicted octanol–water partition coefficient (Wildman–Crippen LogP) is 2.81. The van der Waals surface area contributed by atoms with Crippen LogP contribution < -0.4 is 5.32 Å². The Balaban J connectivity index is 1.94. The molecule has 94 valence electrons. The van der Waals surface area contributed by atoms with Gasteiger partial charge in [-0.15, -0.1) is 6.58 Å². The molecule has 0 aliphatic carbocycles. The molecule has 1 unspecified atom stereocenters. The smallest absolute Gasteiger partial charge is 0.00675 e. The molecule has 1 atom stereocenters. The van der Waals surface area contributed by atoms with Gasteiger partial charge in [0.1, 0.15) is 0 Å². The molecular formula is C14H28N2. The maximum Gasteiger partial charge on any atom is 0.00675 e. The van der Waals surface area contributed by atoms with E-state index in [1.807, 2.05) is 6.08 Å². The van der Waals surface area contributed by atoms with Crippen LogP contribution >= 0.6 is 0 Å². The summed E-state index contributed by atoms with van der Waals surface area (Å²) in [5.74, 6) is 0. The lowest BCUT2D eigenvalue weighted by atomic mass is 10.0. The minimum absolute atomic E-state index is 0.801. The van der Waals surface area contributed by atoms with E-state index in [1.54, 1.807) is 0 Å². The second-order valence-electron chi connectivity index (χ2n) is 5.02. The normalized spacial score (nSPS) is 21.2. The van der Waals surface area contributed by atoms with Crippen LogP contribution in [0.4, 0.5) is 0 Å². The first-order valence-corrected chi connectivity index (χ1v) is 6.85. The average Bonchev–Trinajstić information content (AvgIpc) is 2.31. The summed E-state index contributed by atoms with van der Waals surface area (Å²) in [6.07, 6.45) is 11.3. The quantitative estimate of drug-likeness (QED) is 0.504. The molecule has 0 amide bonds. The van der Waals surface area contributed by atoms with Crippen molar-refractivity contribution in [3.8, 4) is 0 Å². The van der Waals surface area contributed by atoms with Crippen molar-refractivity contribution in [1.29, 1.82) is 0 Å². The zero-order valence-electron chi connectivity index (χ0n) is 10.9. The largest absolute Gasteiger partial charge is 0.314 e. The Hall–Kier alpha value is -0.340. The van der Waals surface area contributed by atoms with Gasteiger partial charge in [-0.3, -0.25) is 0 Å². The van der Waals surface area contributed by atoms with Gasteiger partial charge in [-0.25, -0.2) is 0 Å². The Morgan fingerprint density at radius 2 is 2.12 bits per heavy atom. The van der Waals surface area contributed by atoms with Gasteiger partial charge in [0, 0.05) is 6.04 Å². The van der Waals surface area contributed by atoms with E-state index in [-0.39, 0.29) is 0 Å². The fraction of sp³-hybridized carbons (Fsp3) is 0.857. The van der Waals surface area contributed by atoms with E-state index in [4.69, 9.17) is 0 Å². The SMILES string of the molecule is C=CCCCN(C)CCCC1CCCCN1. The van der Waals surface area contributed by atoms with Gasteiger partial charge in [0.05, 0.1) is 0 Å². The van der Waals surface area contributed by atoms with Gasteiger partial charge in [-0.2, -0.15) is 0 Å². The van der Waals surface area contributed by atoms with E-state index in [9.17, 15) is 0 Å². The van der Waals surface area contributed by atoms with E-state index < -0.39 is 0 Å². The van der Waals surface area contributed by atoms with Gasteiger partial charge in [0.25, 0.3) is 0 Å². The van der Waals surface area contributed by atoms with Gasteiger partial charge in [0.2, 0.25) is 0 Å². The van der Waals surface area contributed by atoms with Crippen LogP contribution in [0.25, 0.3) is 0 Å². The zero-order chi connectivity index (χ0) is 11.6. The molecule has 0 radical (unpaired) electrons. The molecule has 1 aliphatic heterocycles. The van der Waals surface area contributed by atoms with E-state index in [1.165, 1.54) is 58.2 Å². The standard InChI is InChI=1S/C14H28N2/c1-3-4-7-12-16(2)13-8-10-14-9-5-6-11-15-14/h3,14-15H,1,4-13H2,2H3. The molecule has 1 rings (SSSR count). The van der Waals surface area contributed by atoms with Gasteiger partial charge in [0.15, 0.2) is 0 Å². The van der Waals surface area contributed by atoms with Crippen LogP contribution in [0.3, 0.4) is 0 Å².